The van der Waals surface area contributed by atoms with E-state index in [-0.39, 0.29) is 6.17 Å². The van der Waals surface area contributed by atoms with Crippen LogP contribution >= 0.6 is 0 Å². The topological polar surface area (TPSA) is 58.8 Å². The summed E-state index contributed by atoms with van der Waals surface area (Å²) in [6.45, 7) is 2.68. The molecule has 3 aromatic carbocycles. The second-order valence-electron chi connectivity index (χ2n) is 8.07. The lowest BCUT2D eigenvalue weighted by atomic mass is 10.1. The maximum atomic E-state index is 13.9. The molecule has 0 saturated heterocycles. The number of hydrogen-bond acceptors (Lipinski definition) is 5. The number of hydrogen-bond donors (Lipinski definition) is 0. The van der Waals surface area contributed by atoms with Crippen LogP contribution in [-0.4, -0.2) is 26.2 Å². The van der Waals surface area contributed by atoms with Crippen molar-refractivity contribution < 1.29 is 9.29 Å². The second-order valence-corrected chi connectivity index (χ2v) is 9.29. The van der Waals surface area contributed by atoms with E-state index < -0.39 is 11.5 Å². The van der Waals surface area contributed by atoms with Crippen LogP contribution in [0, 0.1) is 5.21 Å². The Morgan fingerprint density at radius 2 is 1.42 bits per heavy atom. The van der Waals surface area contributed by atoms with Gasteiger partial charge in [0.1, 0.15) is 0 Å². The first kappa shape index (κ1) is 21.4. The average molecular weight is 459 g/mol. The summed E-state index contributed by atoms with van der Waals surface area (Å²) in [5, 5.41) is 13.7. The Morgan fingerprint density at radius 3 is 2.03 bits per heavy atom. The lowest BCUT2D eigenvalue weighted by molar-refractivity contribution is -0.517. The van der Waals surface area contributed by atoms with Crippen LogP contribution in [0.1, 0.15) is 25.3 Å². The van der Waals surface area contributed by atoms with Crippen LogP contribution in [0.25, 0.3) is 0 Å². The van der Waals surface area contributed by atoms with Gasteiger partial charge in [0.25, 0.3) is 11.5 Å². The number of hydroxylamine groups is 1. The third kappa shape index (κ3) is 3.94. The van der Waals surface area contributed by atoms with Gasteiger partial charge in [0.15, 0.2) is 17.6 Å². The number of fused-ring (bicyclic) bond motifs is 1. The average Bonchev–Trinajstić information content (AvgIpc) is 3.11. The number of anilines is 2. The van der Waals surface area contributed by atoms with Crippen molar-refractivity contribution in [2.24, 2.45) is 0 Å². The van der Waals surface area contributed by atoms with Crippen LogP contribution in [0.2, 0.25) is 0 Å². The zero-order chi connectivity index (χ0) is 22.8. The Hall–Kier alpha value is -3.42. The van der Waals surface area contributed by atoms with Crippen LogP contribution in [0.15, 0.2) is 103 Å². The summed E-state index contributed by atoms with van der Waals surface area (Å²) in [5.41, 5.74) is 3.42. The van der Waals surface area contributed by atoms with E-state index in [1.807, 2.05) is 85.1 Å². The standard InChI is InChI=1S/C26H26N4O2S/c1-2-12-25-27(19-21-13-6-3-7-14-21)24-20-28(22-15-8-4-9-16-22)33(32)30(26(24)29(25)31)23-17-10-5-11-18-23/h3-11,13-18,20,25H,2,12,19H2,1H3. The molecule has 33 heavy (non-hydrogen) atoms. The molecular formula is C26H26N4O2S. The first-order chi connectivity index (χ1) is 16.2. The molecule has 0 amide bonds. The normalized spacial score (nSPS) is 20.2. The summed E-state index contributed by atoms with van der Waals surface area (Å²) in [6, 6.07) is 29.3. The molecule has 2 aliphatic rings. The highest BCUT2D eigenvalue weighted by atomic mass is 32.2. The lowest BCUT2D eigenvalue weighted by Gasteiger charge is -2.31. The molecule has 5 rings (SSSR count). The highest BCUT2D eigenvalue weighted by molar-refractivity contribution is 7.95. The highest BCUT2D eigenvalue weighted by Crippen LogP contribution is 2.37. The number of para-hydroxylation sites is 2. The monoisotopic (exact) mass is 458 g/mol. The maximum absolute atomic E-state index is 13.9. The molecule has 0 aliphatic carbocycles. The van der Waals surface area contributed by atoms with Crippen LogP contribution in [0.5, 0.6) is 0 Å². The fraction of sp³-hybridized carbons (Fsp3) is 0.192. The molecule has 0 radical (unpaired) electrons. The third-order valence-electron chi connectivity index (χ3n) is 5.88. The molecule has 7 heteroatoms. The van der Waals surface area contributed by atoms with Crippen LogP contribution in [-0.2, 0) is 18.1 Å². The van der Waals surface area contributed by atoms with Crippen molar-refractivity contribution in [3.05, 3.63) is 114 Å². The summed E-state index contributed by atoms with van der Waals surface area (Å²) >= 11 is -1.64. The van der Waals surface area contributed by atoms with Gasteiger partial charge < -0.3 is 14.7 Å². The second kappa shape index (κ2) is 9.21. The Bertz CT molecular complexity index is 1150. The Morgan fingerprint density at radius 1 is 0.848 bits per heavy atom. The summed E-state index contributed by atoms with van der Waals surface area (Å²) in [7, 11) is 0. The first-order valence-electron chi connectivity index (χ1n) is 11.2. The quantitative estimate of drug-likeness (QED) is 0.296. The van der Waals surface area contributed by atoms with Crippen LogP contribution in [0.3, 0.4) is 0 Å². The SMILES string of the molecule is CCCC1N(Cc2ccccc2)C2=CN(c3ccccc3)[S+]([O-])N(c3ccccc3)C2=[N+]1[O-]. The molecule has 0 aromatic heterocycles. The van der Waals surface area contributed by atoms with E-state index in [9.17, 15) is 9.76 Å². The van der Waals surface area contributed by atoms with Gasteiger partial charge in [-0.05, 0) is 34.1 Å². The Labute approximate surface area is 197 Å². The minimum absolute atomic E-state index is 0.365. The summed E-state index contributed by atoms with van der Waals surface area (Å²) in [5.74, 6) is 0.432. The Kier molecular flexibility index (Phi) is 5.98. The summed E-state index contributed by atoms with van der Waals surface area (Å²) in [6.07, 6.45) is 3.07. The molecule has 0 spiro atoms. The van der Waals surface area contributed by atoms with E-state index >= 15 is 0 Å². The molecule has 0 N–H and O–H groups in total. The number of nitrogens with zero attached hydrogens (tertiary/aromatic N) is 4. The fourth-order valence-electron chi connectivity index (χ4n) is 4.33. The molecule has 2 aliphatic heterocycles. The van der Waals surface area contributed by atoms with Gasteiger partial charge in [-0.15, -0.1) is 4.31 Å². The molecule has 0 fully saturated rings. The van der Waals surface area contributed by atoms with Crippen molar-refractivity contribution in [3.8, 4) is 0 Å². The van der Waals surface area contributed by atoms with E-state index in [1.165, 1.54) is 0 Å². The van der Waals surface area contributed by atoms with Gasteiger partial charge in [-0.1, -0.05) is 80.1 Å². The van der Waals surface area contributed by atoms with Crippen molar-refractivity contribution in [1.82, 2.24) is 4.90 Å². The molecular weight excluding hydrogens is 432 g/mol. The minimum Gasteiger partial charge on any atom is -0.713 e. The van der Waals surface area contributed by atoms with E-state index in [0.29, 0.717) is 18.8 Å². The largest absolute Gasteiger partial charge is 0.713 e. The molecule has 168 valence electrons. The Balaban J connectivity index is 1.66. The molecule has 2 atom stereocenters. The van der Waals surface area contributed by atoms with Gasteiger partial charge in [0, 0.05) is 13.0 Å². The molecule has 3 aromatic rings. The molecule has 2 unspecified atom stereocenters. The van der Waals surface area contributed by atoms with Gasteiger partial charge in [-0.2, -0.15) is 0 Å². The molecule has 0 saturated carbocycles. The zero-order valence-corrected chi connectivity index (χ0v) is 19.3. The van der Waals surface area contributed by atoms with Gasteiger partial charge in [-0.25, -0.2) is 4.74 Å². The van der Waals surface area contributed by atoms with E-state index in [0.717, 1.165) is 33.8 Å². The predicted molar refractivity (Wildman–Crippen MR) is 133 cm³/mol. The summed E-state index contributed by atoms with van der Waals surface area (Å²) in [4.78, 5) is 2.14. The van der Waals surface area contributed by atoms with Crippen molar-refractivity contribution in [3.63, 3.8) is 0 Å². The highest BCUT2D eigenvalue weighted by Gasteiger charge is 2.54. The van der Waals surface area contributed by atoms with Crippen molar-refractivity contribution in [2.45, 2.75) is 32.5 Å². The van der Waals surface area contributed by atoms with E-state index in [2.05, 4.69) is 24.0 Å². The van der Waals surface area contributed by atoms with Gasteiger partial charge in [0.05, 0.1) is 11.9 Å². The van der Waals surface area contributed by atoms with Crippen molar-refractivity contribution in [1.29, 1.82) is 0 Å². The number of amidine groups is 1. The van der Waals surface area contributed by atoms with Crippen molar-refractivity contribution >= 4 is 28.8 Å². The van der Waals surface area contributed by atoms with E-state index in [4.69, 9.17) is 0 Å². The molecule has 0 bridgehead atoms. The zero-order valence-electron chi connectivity index (χ0n) is 18.4. The minimum atomic E-state index is -1.64. The fourth-order valence-corrected chi connectivity index (χ4v) is 5.62. The molecule has 6 nitrogen and oxygen atoms in total. The maximum Gasteiger partial charge on any atom is 0.357 e. The number of benzene rings is 3. The van der Waals surface area contributed by atoms with Gasteiger partial charge in [-0.3, -0.25) is 0 Å². The first-order valence-corrected chi connectivity index (χ1v) is 12.2. The third-order valence-corrected chi connectivity index (χ3v) is 7.23. The van der Waals surface area contributed by atoms with E-state index in [1.54, 1.807) is 8.61 Å². The molecule has 2 heterocycles. The number of rotatable bonds is 6. The lowest BCUT2D eigenvalue weighted by Crippen LogP contribution is -2.51. The summed E-state index contributed by atoms with van der Waals surface area (Å²) < 4.78 is 18.3. The van der Waals surface area contributed by atoms with Crippen molar-refractivity contribution in [2.75, 3.05) is 8.61 Å². The van der Waals surface area contributed by atoms with Gasteiger partial charge >= 0.3 is 5.84 Å². The predicted octanol–water partition coefficient (Wildman–Crippen LogP) is 4.98. The van der Waals surface area contributed by atoms with Gasteiger partial charge in [0.2, 0.25) is 0 Å². The van der Waals surface area contributed by atoms with Crippen LogP contribution in [0.4, 0.5) is 11.4 Å². The smallest absolute Gasteiger partial charge is 0.357 e. The van der Waals surface area contributed by atoms with Crippen LogP contribution < -0.4 is 8.61 Å².